The van der Waals surface area contributed by atoms with E-state index in [2.05, 4.69) is 25.6 Å². The van der Waals surface area contributed by atoms with Gasteiger partial charge in [0.1, 0.15) is 10.0 Å². The zero-order valence-electron chi connectivity index (χ0n) is 9.82. The van der Waals surface area contributed by atoms with Gasteiger partial charge in [-0.15, -0.1) is 0 Å². The number of methoxy groups -OCH3 is 1. The molecule has 8 heteroatoms. The van der Waals surface area contributed by atoms with E-state index < -0.39 is 10.0 Å². The highest BCUT2D eigenvalue weighted by molar-refractivity contribution is 9.10. The number of rotatable bonds is 7. The minimum atomic E-state index is -3.62. The van der Waals surface area contributed by atoms with Crippen molar-refractivity contribution in [2.45, 2.75) is 17.7 Å². The van der Waals surface area contributed by atoms with E-state index in [1.807, 2.05) is 0 Å². The van der Waals surface area contributed by atoms with Crippen molar-refractivity contribution >= 4 is 37.6 Å². The molecule has 1 aromatic heterocycles. The highest BCUT2D eigenvalue weighted by atomic mass is 79.9. The average molecular weight is 358 g/mol. The number of ether oxygens (including phenoxy) is 1. The van der Waals surface area contributed by atoms with Crippen LogP contribution in [0.25, 0.3) is 0 Å². The second-order valence-electron chi connectivity index (χ2n) is 3.54. The molecule has 0 aliphatic heterocycles. The van der Waals surface area contributed by atoms with Gasteiger partial charge in [-0.25, -0.2) is 18.1 Å². The summed E-state index contributed by atoms with van der Waals surface area (Å²) in [6, 6.07) is 1.42. The van der Waals surface area contributed by atoms with Gasteiger partial charge in [0.25, 0.3) is 0 Å². The van der Waals surface area contributed by atoms with Crippen LogP contribution in [0.15, 0.2) is 21.6 Å². The lowest BCUT2D eigenvalue weighted by atomic mass is 10.3. The van der Waals surface area contributed by atoms with Crippen LogP contribution in [0, 0.1) is 0 Å². The van der Waals surface area contributed by atoms with Crippen LogP contribution in [-0.2, 0) is 14.8 Å². The maximum Gasteiger partial charge on any atom is 0.243 e. The maximum atomic E-state index is 12.0. The number of sulfonamides is 1. The fourth-order valence-electron chi connectivity index (χ4n) is 1.25. The van der Waals surface area contributed by atoms with E-state index in [0.717, 1.165) is 6.42 Å². The largest absolute Gasteiger partial charge is 0.385 e. The summed E-state index contributed by atoms with van der Waals surface area (Å²) < 4.78 is 31.8. The van der Waals surface area contributed by atoms with Crippen molar-refractivity contribution in [1.82, 2.24) is 9.71 Å². The minimum Gasteiger partial charge on any atom is -0.385 e. The molecule has 1 heterocycles. The van der Waals surface area contributed by atoms with Crippen LogP contribution in [0.1, 0.15) is 12.8 Å². The van der Waals surface area contributed by atoms with E-state index in [1.54, 1.807) is 7.11 Å². The van der Waals surface area contributed by atoms with Gasteiger partial charge in [-0.2, -0.15) is 0 Å². The predicted molar refractivity (Wildman–Crippen MR) is 73.2 cm³/mol. The Hall–Kier alpha value is -0.210. The zero-order valence-corrected chi connectivity index (χ0v) is 13.0. The Balaban J connectivity index is 2.66. The Bertz CT molecular complexity index is 496. The Morgan fingerprint density at radius 2 is 2.22 bits per heavy atom. The molecule has 0 atom stereocenters. The number of hydrogen-bond donors (Lipinski definition) is 1. The molecule has 1 N–H and O–H groups in total. The molecule has 0 aromatic carbocycles. The van der Waals surface area contributed by atoms with Crippen molar-refractivity contribution in [3.8, 4) is 0 Å². The molecule has 0 bridgehead atoms. The number of hydrogen-bond acceptors (Lipinski definition) is 4. The van der Waals surface area contributed by atoms with Gasteiger partial charge in [0.2, 0.25) is 10.0 Å². The molecule has 0 saturated heterocycles. The second kappa shape index (κ2) is 7.40. The van der Waals surface area contributed by atoms with Gasteiger partial charge in [-0.1, -0.05) is 11.6 Å². The predicted octanol–water partition coefficient (Wildman–Crippen LogP) is 2.20. The lowest BCUT2D eigenvalue weighted by Gasteiger charge is -2.08. The van der Waals surface area contributed by atoms with Gasteiger partial charge in [0.05, 0.1) is 0 Å². The third kappa shape index (κ3) is 4.81. The van der Waals surface area contributed by atoms with Crippen LogP contribution < -0.4 is 4.72 Å². The molecule has 5 nitrogen and oxygen atoms in total. The molecule has 0 aliphatic carbocycles. The Labute approximate surface area is 120 Å². The third-order valence-electron chi connectivity index (χ3n) is 2.13. The molecule has 0 spiro atoms. The fourth-order valence-corrected chi connectivity index (χ4v) is 3.26. The standard InChI is InChI=1S/C10H14BrClN2O3S/c1-17-5-3-2-4-14-18(15,16)9-6-8(11)7-13-10(9)12/h6-7,14H,2-5H2,1H3. The highest BCUT2D eigenvalue weighted by Crippen LogP contribution is 2.22. The van der Waals surface area contributed by atoms with Gasteiger partial charge >= 0.3 is 0 Å². The van der Waals surface area contributed by atoms with Crippen LogP contribution in [0.4, 0.5) is 0 Å². The molecule has 0 unspecified atom stereocenters. The summed E-state index contributed by atoms with van der Waals surface area (Å²) in [5.74, 6) is 0. The zero-order chi connectivity index (χ0) is 13.6. The summed E-state index contributed by atoms with van der Waals surface area (Å²) in [7, 11) is -2.01. The number of nitrogens with one attached hydrogen (secondary N) is 1. The molecular weight excluding hydrogens is 344 g/mol. The lowest BCUT2D eigenvalue weighted by molar-refractivity contribution is 0.193. The maximum absolute atomic E-state index is 12.0. The molecule has 0 fully saturated rings. The molecule has 0 amide bonds. The van der Waals surface area contributed by atoms with Crippen molar-refractivity contribution in [2.24, 2.45) is 0 Å². The number of unbranched alkanes of at least 4 members (excludes halogenated alkanes) is 1. The second-order valence-corrected chi connectivity index (χ2v) is 6.55. The topological polar surface area (TPSA) is 68.3 Å². The van der Waals surface area contributed by atoms with Crippen molar-refractivity contribution in [2.75, 3.05) is 20.3 Å². The van der Waals surface area contributed by atoms with Crippen molar-refractivity contribution in [3.63, 3.8) is 0 Å². The Morgan fingerprint density at radius 1 is 1.50 bits per heavy atom. The van der Waals surface area contributed by atoms with E-state index in [0.29, 0.717) is 24.0 Å². The van der Waals surface area contributed by atoms with Crippen LogP contribution in [0.2, 0.25) is 5.15 Å². The Morgan fingerprint density at radius 3 is 2.89 bits per heavy atom. The average Bonchev–Trinajstić information content (AvgIpc) is 2.32. The molecule has 18 heavy (non-hydrogen) atoms. The number of halogens is 2. The van der Waals surface area contributed by atoms with Crippen molar-refractivity contribution in [3.05, 3.63) is 21.9 Å². The molecule has 102 valence electrons. The molecule has 1 rings (SSSR count). The Kier molecular flexibility index (Phi) is 6.51. The lowest BCUT2D eigenvalue weighted by Crippen LogP contribution is -2.25. The van der Waals surface area contributed by atoms with Crippen molar-refractivity contribution in [1.29, 1.82) is 0 Å². The van der Waals surface area contributed by atoms with E-state index >= 15 is 0 Å². The smallest absolute Gasteiger partial charge is 0.243 e. The first kappa shape index (κ1) is 15.8. The van der Waals surface area contributed by atoms with Crippen molar-refractivity contribution < 1.29 is 13.2 Å². The van der Waals surface area contributed by atoms with E-state index in [4.69, 9.17) is 16.3 Å². The van der Waals surface area contributed by atoms with E-state index in [1.165, 1.54) is 12.3 Å². The molecule has 1 aromatic rings. The minimum absolute atomic E-state index is 0.0229. The van der Waals surface area contributed by atoms with Crippen LogP contribution in [-0.4, -0.2) is 33.7 Å². The highest BCUT2D eigenvalue weighted by Gasteiger charge is 2.18. The molecular formula is C10H14BrClN2O3S. The number of pyridine rings is 1. The van der Waals surface area contributed by atoms with Crippen LogP contribution in [0.5, 0.6) is 0 Å². The summed E-state index contributed by atoms with van der Waals surface area (Å²) in [4.78, 5) is 3.76. The number of nitrogens with zero attached hydrogens (tertiary/aromatic N) is 1. The monoisotopic (exact) mass is 356 g/mol. The van der Waals surface area contributed by atoms with Gasteiger partial charge in [0.15, 0.2) is 0 Å². The first-order valence-electron chi connectivity index (χ1n) is 5.27. The van der Waals surface area contributed by atoms with Gasteiger partial charge in [0, 0.05) is 30.9 Å². The SMILES string of the molecule is COCCCCNS(=O)(=O)c1cc(Br)cnc1Cl. The first-order valence-corrected chi connectivity index (χ1v) is 7.92. The van der Waals surface area contributed by atoms with Crippen LogP contribution >= 0.6 is 27.5 Å². The van der Waals surface area contributed by atoms with E-state index in [9.17, 15) is 8.42 Å². The van der Waals surface area contributed by atoms with E-state index in [-0.39, 0.29) is 10.0 Å². The summed E-state index contributed by atoms with van der Waals surface area (Å²) in [5.41, 5.74) is 0. The molecule has 0 radical (unpaired) electrons. The quantitative estimate of drug-likeness (QED) is 0.600. The van der Waals surface area contributed by atoms with Crippen LogP contribution in [0.3, 0.4) is 0 Å². The normalized spacial score (nSPS) is 11.7. The summed E-state index contributed by atoms with van der Waals surface area (Å²) >= 11 is 8.93. The molecule has 0 saturated carbocycles. The van der Waals surface area contributed by atoms with Gasteiger partial charge in [-0.05, 0) is 34.8 Å². The summed E-state index contributed by atoms with van der Waals surface area (Å²) in [6.45, 7) is 0.954. The van der Waals surface area contributed by atoms with Gasteiger partial charge < -0.3 is 4.74 Å². The third-order valence-corrected chi connectivity index (χ3v) is 4.45. The fraction of sp³-hybridized carbons (Fsp3) is 0.500. The van der Waals surface area contributed by atoms with Gasteiger partial charge in [-0.3, -0.25) is 0 Å². The summed E-state index contributed by atoms with van der Waals surface area (Å²) in [6.07, 6.45) is 2.94. The first-order chi connectivity index (χ1) is 8.47. The summed E-state index contributed by atoms with van der Waals surface area (Å²) in [5, 5.41) is -0.0393. The molecule has 0 aliphatic rings. The number of aromatic nitrogens is 1.